The van der Waals surface area contributed by atoms with Crippen molar-refractivity contribution >= 4 is 0 Å². The minimum Gasteiger partial charge on any atom is -0.361 e. The third-order valence-electron chi connectivity index (χ3n) is 5.35. The van der Waals surface area contributed by atoms with Gasteiger partial charge in [0, 0.05) is 24.0 Å². The summed E-state index contributed by atoms with van der Waals surface area (Å²) in [4.78, 5) is 0. The molecule has 2 aliphatic rings. The summed E-state index contributed by atoms with van der Waals surface area (Å²) in [7, 11) is 0. The Morgan fingerprint density at radius 2 is 1.33 bits per heavy atom. The fourth-order valence-electron chi connectivity index (χ4n) is 4.35. The number of fused-ring (bicyclic) bond motifs is 4. The van der Waals surface area contributed by atoms with E-state index in [1.807, 2.05) is 0 Å². The molecule has 2 aromatic rings. The highest BCUT2D eigenvalue weighted by Crippen LogP contribution is 2.50. The minimum absolute atomic E-state index is 0.0466. The Balaban J connectivity index is 1.91. The molecule has 0 aromatic carbocycles. The fourth-order valence-corrected chi connectivity index (χ4v) is 4.35. The van der Waals surface area contributed by atoms with E-state index in [0.29, 0.717) is 0 Å². The van der Waals surface area contributed by atoms with Crippen molar-refractivity contribution in [3.8, 4) is 0 Å². The molecular formula is C17H22N2O2. The molecule has 0 aliphatic heterocycles. The Kier molecular flexibility index (Phi) is 2.95. The second kappa shape index (κ2) is 4.72. The molecule has 2 aliphatic carbocycles. The summed E-state index contributed by atoms with van der Waals surface area (Å²) in [6.45, 7) is 4.28. The van der Waals surface area contributed by atoms with Gasteiger partial charge in [-0.15, -0.1) is 0 Å². The van der Waals surface area contributed by atoms with Crippen molar-refractivity contribution in [2.75, 3.05) is 0 Å². The van der Waals surface area contributed by atoms with E-state index in [1.165, 1.54) is 24.0 Å². The first-order chi connectivity index (χ1) is 10.3. The Morgan fingerprint density at radius 1 is 0.857 bits per heavy atom. The second-order valence-electron chi connectivity index (χ2n) is 6.36. The third kappa shape index (κ3) is 1.68. The average Bonchev–Trinajstić information content (AvgIpc) is 3.12. The van der Waals surface area contributed by atoms with E-state index in [2.05, 4.69) is 24.2 Å². The molecule has 0 N–H and O–H groups in total. The van der Waals surface area contributed by atoms with Crippen LogP contribution in [0.3, 0.4) is 0 Å². The SMILES string of the molecule is CCc1onc2c1CCCC21CCCc2c1noc2CC. The van der Waals surface area contributed by atoms with Gasteiger partial charge in [0.1, 0.15) is 11.5 Å². The van der Waals surface area contributed by atoms with E-state index in [4.69, 9.17) is 9.05 Å². The summed E-state index contributed by atoms with van der Waals surface area (Å²) in [6, 6.07) is 0. The molecule has 1 spiro atoms. The Hall–Kier alpha value is -1.58. The number of rotatable bonds is 2. The summed E-state index contributed by atoms with van der Waals surface area (Å²) < 4.78 is 11.3. The van der Waals surface area contributed by atoms with Gasteiger partial charge in [0.2, 0.25) is 0 Å². The van der Waals surface area contributed by atoms with Crippen molar-refractivity contribution in [3.05, 3.63) is 34.0 Å². The van der Waals surface area contributed by atoms with Crippen LogP contribution in [-0.4, -0.2) is 10.3 Å². The van der Waals surface area contributed by atoms with Gasteiger partial charge in [0.15, 0.2) is 0 Å². The van der Waals surface area contributed by atoms with Crippen LogP contribution in [0.15, 0.2) is 9.05 Å². The lowest BCUT2D eigenvalue weighted by Crippen LogP contribution is -2.36. The van der Waals surface area contributed by atoms with Crippen molar-refractivity contribution in [1.82, 2.24) is 10.3 Å². The molecule has 2 aromatic heterocycles. The zero-order valence-corrected chi connectivity index (χ0v) is 12.9. The van der Waals surface area contributed by atoms with E-state index in [1.54, 1.807) is 0 Å². The lowest BCUT2D eigenvalue weighted by molar-refractivity contribution is 0.307. The Bertz CT molecular complexity index is 610. The summed E-state index contributed by atoms with van der Waals surface area (Å²) >= 11 is 0. The van der Waals surface area contributed by atoms with Crippen LogP contribution in [0.5, 0.6) is 0 Å². The highest BCUT2D eigenvalue weighted by atomic mass is 16.5. The smallest absolute Gasteiger partial charge is 0.139 e. The molecule has 0 saturated heterocycles. The minimum atomic E-state index is -0.0466. The zero-order chi connectivity index (χ0) is 14.4. The van der Waals surface area contributed by atoms with Gasteiger partial charge in [0.05, 0.1) is 16.8 Å². The van der Waals surface area contributed by atoms with Crippen LogP contribution >= 0.6 is 0 Å². The monoisotopic (exact) mass is 286 g/mol. The molecule has 0 radical (unpaired) electrons. The van der Waals surface area contributed by atoms with Crippen molar-refractivity contribution in [2.24, 2.45) is 0 Å². The number of aryl methyl sites for hydroxylation is 2. The Labute approximate surface area is 124 Å². The van der Waals surface area contributed by atoms with Crippen LogP contribution in [0, 0.1) is 0 Å². The molecular weight excluding hydrogens is 264 g/mol. The molecule has 4 rings (SSSR count). The largest absolute Gasteiger partial charge is 0.361 e. The van der Waals surface area contributed by atoms with Gasteiger partial charge >= 0.3 is 0 Å². The molecule has 2 heterocycles. The van der Waals surface area contributed by atoms with Gasteiger partial charge in [-0.2, -0.15) is 0 Å². The van der Waals surface area contributed by atoms with Crippen molar-refractivity contribution in [3.63, 3.8) is 0 Å². The van der Waals surface area contributed by atoms with Crippen LogP contribution in [-0.2, 0) is 31.1 Å². The van der Waals surface area contributed by atoms with E-state index in [-0.39, 0.29) is 5.41 Å². The number of aromatic nitrogens is 2. The Morgan fingerprint density at radius 3 is 1.76 bits per heavy atom. The fraction of sp³-hybridized carbons (Fsp3) is 0.647. The quantitative estimate of drug-likeness (QED) is 0.843. The standard InChI is InChI=1S/C17H22N2O2/c1-3-13-11-7-5-9-17(15(11)18-20-13)10-6-8-12-14(4-2)21-19-16(12)17/h3-10H2,1-2H3. The van der Waals surface area contributed by atoms with Crippen LogP contribution < -0.4 is 0 Å². The number of hydrogen-bond acceptors (Lipinski definition) is 4. The molecule has 112 valence electrons. The molecule has 0 amide bonds. The second-order valence-corrected chi connectivity index (χ2v) is 6.36. The van der Waals surface area contributed by atoms with Crippen molar-refractivity contribution in [2.45, 2.75) is 70.6 Å². The molecule has 0 unspecified atom stereocenters. The maximum Gasteiger partial charge on any atom is 0.139 e. The number of nitrogens with zero attached hydrogens (tertiary/aromatic N) is 2. The summed E-state index contributed by atoms with van der Waals surface area (Å²) in [5, 5.41) is 8.96. The van der Waals surface area contributed by atoms with Crippen LogP contribution in [0.1, 0.15) is 73.6 Å². The predicted octanol–water partition coefficient (Wildman–Crippen LogP) is 3.75. The highest BCUT2D eigenvalue weighted by Gasteiger charge is 2.47. The average molecular weight is 286 g/mol. The number of hydrogen-bond donors (Lipinski definition) is 0. The first-order valence-electron chi connectivity index (χ1n) is 8.26. The molecule has 0 bridgehead atoms. The first kappa shape index (κ1) is 13.1. The molecule has 0 atom stereocenters. The van der Waals surface area contributed by atoms with Gasteiger partial charge in [0.25, 0.3) is 0 Å². The van der Waals surface area contributed by atoms with Crippen LogP contribution in [0.25, 0.3) is 0 Å². The highest BCUT2D eigenvalue weighted by molar-refractivity contribution is 5.45. The van der Waals surface area contributed by atoms with Gasteiger partial charge in [-0.3, -0.25) is 0 Å². The van der Waals surface area contributed by atoms with Gasteiger partial charge < -0.3 is 9.05 Å². The van der Waals surface area contributed by atoms with E-state index in [9.17, 15) is 0 Å². The van der Waals surface area contributed by atoms with Crippen LogP contribution in [0.4, 0.5) is 0 Å². The van der Waals surface area contributed by atoms with E-state index >= 15 is 0 Å². The molecule has 4 nitrogen and oxygen atoms in total. The molecule has 0 saturated carbocycles. The summed E-state index contributed by atoms with van der Waals surface area (Å²) in [5.74, 6) is 2.13. The van der Waals surface area contributed by atoms with Crippen molar-refractivity contribution < 1.29 is 9.05 Å². The molecule has 4 heteroatoms. The third-order valence-corrected chi connectivity index (χ3v) is 5.35. The first-order valence-corrected chi connectivity index (χ1v) is 8.26. The van der Waals surface area contributed by atoms with E-state index in [0.717, 1.165) is 61.4 Å². The van der Waals surface area contributed by atoms with Gasteiger partial charge in [-0.25, -0.2) is 0 Å². The van der Waals surface area contributed by atoms with Gasteiger partial charge in [-0.05, 0) is 38.5 Å². The maximum absolute atomic E-state index is 5.63. The zero-order valence-electron chi connectivity index (χ0n) is 12.9. The molecule has 21 heavy (non-hydrogen) atoms. The van der Waals surface area contributed by atoms with E-state index < -0.39 is 0 Å². The predicted molar refractivity (Wildman–Crippen MR) is 78.4 cm³/mol. The van der Waals surface area contributed by atoms with Gasteiger partial charge in [-0.1, -0.05) is 24.2 Å². The van der Waals surface area contributed by atoms with Crippen molar-refractivity contribution in [1.29, 1.82) is 0 Å². The van der Waals surface area contributed by atoms with Crippen LogP contribution in [0.2, 0.25) is 0 Å². The summed E-state index contributed by atoms with van der Waals surface area (Å²) in [6.07, 6.45) is 8.66. The maximum atomic E-state index is 5.63. The topological polar surface area (TPSA) is 52.1 Å². The molecule has 0 fully saturated rings. The summed E-state index contributed by atoms with van der Waals surface area (Å²) in [5.41, 5.74) is 4.95. The lowest BCUT2D eigenvalue weighted by atomic mass is 9.64. The normalized spacial score (nSPS) is 19.5. The lowest BCUT2D eigenvalue weighted by Gasteiger charge is -2.37.